The molecule has 8 nitrogen and oxygen atoms in total. The van der Waals surface area contributed by atoms with Crippen LogP contribution in [0.4, 0.5) is 0 Å². The summed E-state index contributed by atoms with van der Waals surface area (Å²) in [6.07, 6.45) is 0. The molecular weight excluding hydrogens is 394 g/mol. The largest absolute Gasteiger partial charge is 0.486 e. The molecule has 1 fully saturated rings. The molecule has 0 radical (unpaired) electrons. The summed E-state index contributed by atoms with van der Waals surface area (Å²) in [7, 11) is -3.61. The molecule has 0 aliphatic carbocycles. The maximum atomic E-state index is 13.0. The number of ether oxygens (including phenoxy) is 2. The topological polar surface area (TPSA) is 80.6 Å². The Balaban J connectivity index is 1.60. The van der Waals surface area contributed by atoms with Gasteiger partial charge in [-0.3, -0.25) is 4.79 Å². The van der Waals surface area contributed by atoms with Gasteiger partial charge in [0.05, 0.1) is 31.1 Å². The van der Waals surface area contributed by atoms with E-state index in [1.54, 1.807) is 17.0 Å². The Hall–Kier alpha value is -2.10. The quantitative estimate of drug-likeness (QED) is 0.612. The van der Waals surface area contributed by atoms with Crippen LogP contribution in [-0.4, -0.2) is 82.6 Å². The number of quaternary nitrogens is 1. The van der Waals surface area contributed by atoms with E-state index in [1.807, 2.05) is 13.8 Å². The number of fused-ring (bicyclic) bond motifs is 1. The highest BCUT2D eigenvalue weighted by Crippen LogP contribution is 2.33. The normalized spacial score (nSPS) is 17.7. The number of nitrogens with one attached hydrogen (secondary N) is 1. The van der Waals surface area contributed by atoms with Gasteiger partial charge in [0.15, 0.2) is 18.0 Å². The molecule has 2 heterocycles. The molecule has 1 N–H and O–H groups in total. The standard InChI is InChI=1S/C20H29N3O5S/c1-4-22(14-16(2)3)20(24)15-21-7-9-23(10-8-21)29(25,26)17-5-6-18-19(13-17)28-12-11-27-18/h5-6,13H,2,4,7-12,14-15H2,1,3H3/p+1. The SMILES string of the molecule is C=C(C)CN(CC)C(=O)C[NH+]1CCN(S(=O)(=O)c2ccc3c(c2)OCCO3)CC1. The van der Waals surface area contributed by atoms with E-state index >= 15 is 0 Å². The summed E-state index contributed by atoms with van der Waals surface area (Å²) < 4.78 is 38.5. The van der Waals surface area contributed by atoms with Gasteiger partial charge in [-0.15, -0.1) is 0 Å². The van der Waals surface area contributed by atoms with Crippen molar-refractivity contribution < 1.29 is 27.6 Å². The molecule has 9 heteroatoms. The number of sulfonamides is 1. The zero-order chi connectivity index (χ0) is 21.0. The van der Waals surface area contributed by atoms with Crippen molar-refractivity contribution in [3.63, 3.8) is 0 Å². The van der Waals surface area contributed by atoms with E-state index in [1.165, 1.54) is 10.4 Å². The van der Waals surface area contributed by atoms with Crippen molar-refractivity contribution in [3.05, 3.63) is 30.4 Å². The lowest BCUT2D eigenvalue weighted by Gasteiger charge is -2.32. The lowest BCUT2D eigenvalue weighted by molar-refractivity contribution is -0.896. The third kappa shape index (κ3) is 5.09. The fourth-order valence-corrected chi connectivity index (χ4v) is 5.04. The first-order valence-corrected chi connectivity index (χ1v) is 11.4. The summed E-state index contributed by atoms with van der Waals surface area (Å²) in [5.41, 5.74) is 0.950. The second-order valence-corrected chi connectivity index (χ2v) is 9.44. The smallest absolute Gasteiger partial charge is 0.278 e. The van der Waals surface area contributed by atoms with Crippen LogP contribution in [0.25, 0.3) is 0 Å². The van der Waals surface area contributed by atoms with Crippen LogP contribution in [0, 0.1) is 0 Å². The summed E-state index contributed by atoms with van der Waals surface area (Å²) in [5, 5.41) is 0. The highest BCUT2D eigenvalue weighted by Gasteiger charge is 2.32. The predicted octanol–water partition coefficient (Wildman–Crippen LogP) is -0.228. The molecule has 0 unspecified atom stereocenters. The maximum Gasteiger partial charge on any atom is 0.278 e. The molecule has 0 aromatic heterocycles. The molecule has 0 spiro atoms. The Kier molecular flexibility index (Phi) is 6.81. The van der Waals surface area contributed by atoms with E-state index < -0.39 is 10.0 Å². The zero-order valence-corrected chi connectivity index (χ0v) is 18.0. The lowest BCUT2D eigenvalue weighted by Crippen LogP contribution is -3.15. The van der Waals surface area contributed by atoms with Gasteiger partial charge in [-0.25, -0.2) is 8.42 Å². The Labute approximate surface area is 172 Å². The number of rotatable bonds is 7. The molecule has 1 aromatic rings. The Morgan fingerprint density at radius 2 is 1.86 bits per heavy atom. The van der Waals surface area contributed by atoms with Crippen LogP contribution in [-0.2, 0) is 14.8 Å². The molecule has 160 valence electrons. The van der Waals surface area contributed by atoms with E-state index in [9.17, 15) is 13.2 Å². The van der Waals surface area contributed by atoms with Crippen molar-refractivity contribution in [1.29, 1.82) is 0 Å². The number of nitrogens with zero attached hydrogens (tertiary/aromatic N) is 2. The van der Waals surface area contributed by atoms with Gasteiger partial charge >= 0.3 is 0 Å². The molecule has 29 heavy (non-hydrogen) atoms. The molecule has 0 atom stereocenters. The van der Waals surface area contributed by atoms with Gasteiger partial charge in [-0.05, 0) is 26.0 Å². The zero-order valence-electron chi connectivity index (χ0n) is 17.1. The molecule has 0 bridgehead atoms. The number of hydrogen-bond donors (Lipinski definition) is 1. The van der Waals surface area contributed by atoms with E-state index in [4.69, 9.17) is 9.47 Å². The second kappa shape index (κ2) is 9.15. The van der Waals surface area contributed by atoms with Crippen LogP contribution in [0.2, 0.25) is 0 Å². The summed E-state index contributed by atoms with van der Waals surface area (Å²) in [4.78, 5) is 15.6. The maximum absolute atomic E-state index is 13.0. The van der Waals surface area contributed by atoms with Gasteiger partial charge in [0.25, 0.3) is 5.91 Å². The van der Waals surface area contributed by atoms with Crippen molar-refractivity contribution in [2.24, 2.45) is 0 Å². The second-order valence-electron chi connectivity index (χ2n) is 7.50. The fourth-order valence-electron chi connectivity index (χ4n) is 3.58. The lowest BCUT2D eigenvalue weighted by atomic mass is 10.3. The number of piperazine rings is 1. The first kappa shape index (κ1) is 21.6. The first-order chi connectivity index (χ1) is 13.8. The van der Waals surface area contributed by atoms with Crippen LogP contribution in [0.3, 0.4) is 0 Å². The highest BCUT2D eigenvalue weighted by atomic mass is 32.2. The van der Waals surface area contributed by atoms with Crippen molar-refractivity contribution in [2.45, 2.75) is 18.7 Å². The number of benzene rings is 1. The van der Waals surface area contributed by atoms with Crippen LogP contribution >= 0.6 is 0 Å². The number of amides is 1. The molecular formula is C20H30N3O5S+. The molecule has 2 aliphatic rings. The van der Waals surface area contributed by atoms with Crippen molar-refractivity contribution >= 4 is 15.9 Å². The molecule has 1 aromatic carbocycles. The number of likely N-dealkylation sites (N-methyl/N-ethyl adjacent to an activating group) is 1. The summed E-state index contributed by atoms with van der Waals surface area (Å²) in [6, 6.07) is 4.73. The minimum atomic E-state index is -3.61. The Morgan fingerprint density at radius 1 is 1.21 bits per heavy atom. The van der Waals surface area contributed by atoms with Gasteiger partial charge < -0.3 is 19.3 Å². The molecule has 1 saturated heterocycles. The fraction of sp³-hybridized carbons (Fsp3) is 0.550. The first-order valence-electron chi connectivity index (χ1n) is 9.96. The Bertz CT molecular complexity index is 863. The van der Waals surface area contributed by atoms with Gasteiger partial charge in [-0.2, -0.15) is 4.31 Å². The van der Waals surface area contributed by atoms with Gasteiger partial charge in [0, 0.05) is 19.2 Å². The van der Waals surface area contributed by atoms with Crippen LogP contribution in [0.5, 0.6) is 11.5 Å². The molecule has 0 saturated carbocycles. The van der Waals surface area contributed by atoms with Gasteiger partial charge in [0.1, 0.15) is 13.2 Å². The van der Waals surface area contributed by atoms with Gasteiger partial charge in [-0.1, -0.05) is 12.2 Å². The van der Waals surface area contributed by atoms with E-state index in [0.29, 0.717) is 70.5 Å². The minimum absolute atomic E-state index is 0.0774. The molecule has 1 amide bonds. The van der Waals surface area contributed by atoms with E-state index in [-0.39, 0.29) is 10.8 Å². The number of carbonyl (C=O) groups excluding carboxylic acids is 1. The highest BCUT2D eigenvalue weighted by molar-refractivity contribution is 7.89. The van der Waals surface area contributed by atoms with Crippen molar-refractivity contribution in [1.82, 2.24) is 9.21 Å². The summed E-state index contributed by atoms with van der Waals surface area (Å²) in [6.45, 7) is 12.1. The number of hydrogen-bond acceptors (Lipinski definition) is 5. The summed E-state index contributed by atoms with van der Waals surface area (Å²) in [5.74, 6) is 1.11. The third-order valence-corrected chi connectivity index (χ3v) is 7.07. The van der Waals surface area contributed by atoms with Crippen LogP contribution in [0.15, 0.2) is 35.2 Å². The number of carbonyl (C=O) groups is 1. The molecule has 3 rings (SSSR count). The Morgan fingerprint density at radius 3 is 2.48 bits per heavy atom. The van der Waals surface area contributed by atoms with Gasteiger partial charge in [0.2, 0.25) is 10.0 Å². The average Bonchev–Trinajstić information content (AvgIpc) is 2.71. The average molecular weight is 425 g/mol. The monoisotopic (exact) mass is 424 g/mol. The van der Waals surface area contributed by atoms with Crippen molar-refractivity contribution in [3.8, 4) is 11.5 Å². The summed E-state index contributed by atoms with van der Waals surface area (Å²) >= 11 is 0. The predicted molar refractivity (Wildman–Crippen MR) is 109 cm³/mol. The van der Waals surface area contributed by atoms with Crippen molar-refractivity contribution in [2.75, 3.05) is 59.0 Å². The third-order valence-electron chi connectivity index (χ3n) is 5.18. The molecule has 2 aliphatic heterocycles. The van der Waals surface area contributed by atoms with E-state index in [2.05, 4.69) is 6.58 Å². The van der Waals surface area contributed by atoms with E-state index in [0.717, 1.165) is 10.5 Å². The van der Waals surface area contributed by atoms with Crippen LogP contribution in [0.1, 0.15) is 13.8 Å². The minimum Gasteiger partial charge on any atom is -0.486 e. The van der Waals surface area contributed by atoms with Crippen LogP contribution < -0.4 is 14.4 Å².